The number of anilines is 1. The van der Waals surface area contributed by atoms with E-state index in [0.29, 0.717) is 50.4 Å². The van der Waals surface area contributed by atoms with Crippen molar-refractivity contribution >= 4 is 29.8 Å². The van der Waals surface area contributed by atoms with E-state index in [9.17, 15) is 19.2 Å². The van der Waals surface area contributed by atoms with Gasteiger partial charge in [-0.15, -0.1) is 0 Å². The summed E-state index contributed by atoms with van der Waals surface area (Å²) < 4.78 is 0. The summed E-state index contributed by atoms with van der Waals surface area (Å²) >= 11 is 0. The SMILES string of the molecule is O=CN1CCN(CC(=O)N2C(=O)C3CCCN3C(=O)c3ccccc32)CC1. The van der Waals surface area contributed by atoms with Crippen LogP contribution in [0.1, 0.15) is 23.2 Å². The minimum Gasteiger partial charge on any atom is -0.343 e. The molecule has 1 unspecified atom stereocenters. The summed E-state index contributed by atoms with van der Waals surface area (Å²) in [6.07, 6.45) is 2.16. The fraction of sp³-hybridized carbons (Fsp3) is 0.474. The average Bonchev–Trinajstić information content (AvgIpc) is 3.15. The van der Waals surface area contributed by atoms with E-state index in [4.69, 9.17) is 0 Å². The third kappa shape index (κ3) is 3.10. The van der Waals surface area contributed by atoms with Crippen LogP contribution in [0.3, 0.4) is 0 Å². The lowest BCUT2D eigenvalue weighted by Gasteiger charge is -2.33. The Hall–Kier alpha value is -2.74. The van der Waals surface area contributed by atoms with Crippen LogP contribution < -0.4 is 4.90 Å². The van der Waals surface area contributed by atoms with Crippen LogP contribution in [0, 0.1) is 0 Å². The van der Waals surface area contributed by atoms with Gasteiger partial charge in [0.1, 0.15) is 6.04 Å². The van der Waals surface area contributed by atoms with E-state index < -0.39 is 6.04 Å². The van der Waals surface area contributed by atoms with Crippen LogP contribution in [-0.2, 0) is 14.4 Å². The highest BCUT2D eigenvalue weighted by molar-refractivity contribution is 6.22. The number of imide groups is 1. The van der Waals surface area contributed by atoms with Gasteiger partial charge in [-0.1, -0.05) is 12.1 Å². The highest BCUT2D eigenvalue weighted by Gasteiger charge is 2.44. The number of carbonyl (C=O) groups excluding carboxylic acids is 4. The molecule has 4 amide bonds. The maximum absolute atomic E-state index is 13.2. The van der Waals surface area contributed by atoms with E-state index in [0.717, 1.165) is 12.8 Å². The first-order valence-electron chi connectivity index (χ1n) is 9.28. The molecule has 8 heteroatoms. The second kappa shape index (κ2) is 7.11. The number of amides is 4. The number of nitrogens with zero attached hydrogens (tertiary/aromatic N) is 4. The van der Waals surface area contributed by atoms with E-state index in [1.54, 1.807) is 34.1 Å². The molecule has 8 nitrogen and oxygen atoms in total. The molecule has 4 rings (SSSR count). The van der Waals surface area contributed by atoms with Crippen molar-refractivity contribution in [3.05, 3.63) is 29.8 Å². The summed E-state index contributed by atoms with van der Waals surface area (Å²) in [6.45, 7) is 2.94. The Labute approximate surface area is 157 Å². The molecule has 2 saturated heterocycles. The zero-order valence-corrected chi connectivity index (χ0v) is 15.0. The van der Waals surface area contributed by atoms with E-state index in [1.807, 2.05) is 4.90 Å². The summed E-state index contributed by atoms with van der Waals surface area (Å²) in [5, 5.41) is 0. The van der Waals surface area contributed by atoms with E-state index in [1.165, 1.54) is 4.90 Å². The minimum absolute atomic E-state index is 0.0910. The Bertz CT molecular complexity index is 788. The quantitative estimate of drug-likeness (QED) is 0.697. The Kier molecular flexibility index (Phi) is 4.65. The molecule has 27 heavy (non-hydrogen) atoms. The van der Waals surface area contributed by atoms with Gasteiger partial charge < -0.3 is 9.80 Å². The highest BCUT2D eigenvalue weighted by atomic mass is 16.2. The van der Waals surface area contributed by atoms with Crippen molar-refractivity contribution in [2.75, 3.05) is 44.2 Å². The lowest BCUT2D eigenvalue weighted by molar-refractivity contribution is -0.129. The molecule has 3 aliphatic rings. The van der Waals surface area contributed by atoms with Gasteiger partial charge in [-0.2, -0.15) is 0 Å². The molecule has 0 bridgehead atoms. The van der Waals surface area contributed by atoms with Gasteiger partial charge in [0, 0.05) is 32.7 Å². The van der Waals surface area contributed by atoms with Crippen LogP contribution in [0.5, 0.6) is 0 Å². The first-order chi connectivity index (χ1) is 13.1. The van der Waals surface area contributed by atoms with Gasteiger partial charge in [-0.05, 0) is 25.0 Å². The lowest BCUT2D eigenvalue weighted by Crippen LogP contribution is -2.53. The zero-order chi connectivity index (χ0) is 19.0. The highest BCUT2D eigenvalue weighted by Crippen LogP contribution is 2.32. The van der Waals surface area contributed by atoms with Crippen LogP contribution >= 0.6 is 0 Å². The fourth-order valence-corrected chi connectivity index (χ4v) is 4.08. The third-order valence-electron chi connectivity index (χ3n) is 5.56. The molecular weight excluding hydrogens is 348 g/mol. The molecule has 1 aromatic carbocycles. The first-order valence-corrected chi connectivity index (χ1v) is 9.28. The second-order valence-electron chi connectivity index (χ2n) is 7.16. The van der Waals surface area contributed by atoms with Crippen molar-refractivity contribution in [2.45, 2.75) is 18.9 Å². The van der Waals surface area contributed by atoms with Crippen molar-refractivity contribution in [1.29, 1.82) is 0 Å². The molecule has 3 heterocycles. The maximum atomic E-state index is 13.2. The Morgan fingerprint density at radius 2 is 1.81 bits per heavy atom. The van der Waals surface area contributed by atoms with Crippen molar-refractivity contribution in [2.24, 2.45) is 0 Å². The Morgan fingerprint density at radius 1 is 1.07 bits per heavy atom. The van der Waals surface area contributed by atoms with Gasteiger partial charge in [-0.25, -0.2) is 4.90 Å². The number of para-hydroxylation sites is 1. The average molecular weight is 370 g/mol. The van der Waals surface area contributed by atoms with Crippen molar-refractivity contribution in [3.8, 4) is 0 Å². The zero-order valence-electron chi connectivity index (χ0n) is 15.0. The number of rotatable bonds is 3. The number of piperazine rings is 1. The number of hydrogen-bond donors (Lipinski definition) is 0. The molecule has 142 valence electrons. The molecule has 0 aromatic heterocycles. The first kappa shape index (κ1) is 17.7. The van der Waals surface area contributed by atoms with E-state index in [2.05, 4.69) is 0 Å². The van der Waals surface area contributed by atoms with E-state index in [-0.39, 0.29) is 24.3 Å². The smallest absolute Gasteiger partial charge is 0.256 e. The lowest BCUT2D eigenvalue weighted by atomic mass is 10.1. The topological polar surface area (TPSA) is 81.2 Å². The van der Waals surface area contributed by atoms with Gasteiger partial charge in [-0.3, -0.25) is 24.1 Å². The second-order valence-corrected chi connectivity index (χ2v) is 7.16. The van der Waals surface area contributed by atoms with Crippen LogP contribution in [0.2, 0.25) is 0 Å². The summed E-state index contributed by atoms with van der Waals surface area (Å²) in [6, 6.07) is 6.25. The van der Waals surface area contributed by atoms with E-state index >= 15 is 0 Å². The summed E-state index contributed by atoms with van der Waals surface area (Å²) in [7, 11) is 0. The van der Waals surface area contributed by atoms with Crippen LogP contribution in [0.25, 0.3) is 0 Å². The summed E-state index contributed by atoms with van der Waals surface area (Å²) in [4.78, 5) is 56.4. The molecule has 0 saturated carbocycles. The van der Waals surface area contributed by atoms with Gasteiger partial charge in [0.25, 0.3) is 11.8 Å². The number of benzene rings is 1. The van der Waals surface area contributed by atoms with Gasteiger partial charge in [0.15, 0.2) is 0 Å². The van der Waals surface area contributed by atoms with Crippen molar-refractivity contribution in [1.82, 2.24) is 14.7 Å². The molecule has 0 N–H and O–H groups in total. The molecule has 3 aliphatic heterocycles. The minimum atomic E-state index is -0.569. The van der Waals surface area contributed by atoms with Gasteiger partial charge in [0.05, 0.1) is 17.8 Å². The monoisotopic (exact) mass is 370 g/mol. The predicted octanol–water partition coefficient (Wildman–Crippen LogP) is -0.0616. The normalized spacial score (nSPS) is 23.1. The Balaban J connectivity index is 1.61. The summed E-state index contributed by atoms with van der Waals surface area (Å²) in [5.41, 5.74) is 0.771. The standard InChI is InChI=1S/C19H22N4O4/c24-13-21-10-8-20(9-11-21)12-17(25)23-15-5-2-1-4-14(15)18(26)22-7-3-6-16(22)19(23)27/h1-2,4-5,13,16H,3,6-12H2. The number of fused-ring (bicyclic) bond motifs is 2. The van der Waals surface area contributed by atoms with Crippen LogP contribution in [0.15, 0.2) is 24.3 Å². The van der Waals surface area contributed by atoms with Crippen molar-refractivity contribution < 1.29 is 19.2 Å². The van der Waals surface area contributed by atoms with Gasteiger partial charge in [0.2, 0.25) is 12.3 Å². The van der Waals surface area contributed by atoms with Gasteiger partial charge >= 0.3 is 0 Å². The number of carbonyl (C=O) groups is 4. The fourth-order valence-electron chi connectivity index (χ4n) is 4.08. The number of hydrogen-bond acceptors (Lipinski definition) is 5. The largest absolute Gasteiger partial charge is 0.343 e. The van der Waals surface area contributed by atoms with Crippen LogP contribution in [-0.4, -0.2) is 84.1 Å². The third-order valence-corrected chi connectivity index (χ3v) is 5.56. The molecular formula is C19H22N4O4. The predicted molar refractivity (Wildman–Crippen MR) is 97.1 cm³/mol. The van der Waals surface area contributed by atoms with Crippen LogP contribution in [0.4, 0.5) is 5.69 Å². The van der Waals surface area contributed by atoms with Crippen molar-refractivity contribution in [3.63, 3.8) is 0 Å². The Morgan fingerprint density at radius 3 is 2.56 bits per heavy atom. The summed E-state index contributed by atoms with van der Waals surface area (Å²) in [5.74, 6) is -0.827. The molecule has 1 atom stereocenters. The molecule has 1 aromatic rings. The molecule has 2 fully saturated rings. The molecule has 0 aliphatic carbocycles. The maximum Gasteiger partial charge on any atom is 0.256 e. The molecule has 0 spiro atoms. The molecule has 0 radical (unpaired) electrons.